The van der Waals surface area contributed by atoms with E-state index in [1.54, 1.807) is 34.9 Å². The summed E-state index contributed by atoms with van der Waals surface area (Å²) in [6.45, 7) is 4.37. The molecule has 0 saturated carbocycles. The fourth-order valence-electron chi connectivity index (χ4n) is 3.38. The molecule has 0 saturated heterocycles. The van der Waals surface area contributed by atoms with Crippen molar-refractivity contribution < 1.29 is 22.7 Å². The molecule has 1 amide bonds. The van der Waals surface area contributed by atoms with Gasteiger partial charge in [0.05, 0.1) is 18.3 Å². The largest absolute Gasteiger partial charge is 0.489 e. The van der Waals surface area contributed by atoms with Crippen LogP contribution in [0.3, 0.4) is 0 Å². The van der Waals surface area contributed by atoms with Gasteiger partial charge in [0.2, 0.25) is 0 Å². The fraction of sp³-hybridized carbons (Fsp3) is 0.125. The minimum absolute atomic E-state index is 0.176. The Hall–Kier alpha value is -3.87. The normalized spacial score (nSPS) is 10.9. The van der Waals surface area contributed by atoms with E-state index in [0.29, 0.717) is 29.4 Å². The van der Waals surface area contributed by atoms with Crippen molar-refractivity contribution in [2.45, 2.75) is 13.1 Å². The van der Waals surface area contributed by atoms with Crippen LogP contribution in [-0.4, -0.2) is 17.1 Å². The van der Waals surface area contributed by atoms with Crippen molar-refractivity contribution in [1.82, 2.24) is 9.88 Å². The van der Waals surface area contributed by atoms with Gasteiger partial charge in [-0.25, -0.2) is 8.78 Å². The van der Waals surface area contributed by atoms with Crippen molar-refractivity contribution in [2.75, 3.05) is 6.61 Å². The van der Waals surface area contributed by atoms with Crippen molar-refractivity contribution in [1.29, 1.82) is 0 Å². The van der Waals surface area contributed by atoms with Gasteiger partial charge < -0.3 is 19.0 Å². The van der Waals surface area contributed by atoms with Gasteiger partial charge in [0.25, 0.3) is 5.91 Å². The van der Waals surface area contributed by atoms with Gasteiger partial charge in [-0.3, -0.25) is 4.79 Å². The van der Waals surface area contributed by atoms with Crippen LogP contribution >= 0.6 is 0 Å². The number of carbonyl (C=O) groups excluding carboxylic acids is 1. The molecule has 0 aliphatic carbocycles. The Morgan fingerprint density at radius 2 is 2.00 bits per heavy atom. The van der Waals surface area contributed by atoms with E-state index in [0.717, 1.165) is 23.0 Å². The maximum absolute atomic E-state index is 13.8. The van der Waals surface area contributed by atoms with Crippen molar-refractivity contribution in [3.05, 3.63) is 102 Å². The highest BCUT2D eigenvalue weighted by Crippen LogP contribution is 2.30. The van der Waals surface area contributed by atoms with E-state index in [-0.39, 0.29) is 19.0 Å². The molecule has 0 fully saturated rings. The molecule has 0 bridgehead atoms. The zero-order valence-corrected chi connectivity index (χ0v) is 16.6. The lowest BCUT2D eigenvalue weighted by molar-refractivity contribution is 0.0939. The standard InChI is InChI=1S/C24H20F2N2O3/c1-2-10-31-23-7-3-6-21-18(23)13-22(24(29)27-14-17-5-4-11-30-17)28(21)15-16-8-9-19(25)20(26)12-16/h2-9,11-13H,1,10,14-15H2,(H,27,29). The first-order chi connectivity index (χ1) is 15.1. The van der Waals surface area contributed by atoms with Crippen LogP contribution in [0.25, 0.3) is 10.9 Å². The monoisotopic (exact) mass is 422 g/mol. The third-order valence-electron chi connectivity index (χ3n) is 4.82. The van der Waals surface area contributed by atoms with Crippen LogP contribution in [0, 0.1) is 11.6 Å². The summed E-state index contributed by atoms with van der Waals surface area (Å²) in [6, 6.07) is 14.4. The summed E-state index contributed by atoms with van der Waals surface area (Å²) in [4.78, 5) is 13.0. The van der Waals surface area contributed by atoms with Crippen molar-refractivity contribution in [2.24, 2.45) is 0 Å². The summed E-state index contributed by atoms with van der Waals surface area (Å²) in [5, 5.41) is 3.56. The van der Waals surface area contributed by atoms with Gasteiger partial charge in [0.15, 0.2) is 11.6 Å². The third-order valence-corrected chi connectivity index (χ3v) is 4.82. The Kier molecular flexibility index (Phi) is 5.84. The number of fused-ring (bicyclic) bond motifs is 1. The van der Waals surface area contributed by atoms with E-state index in [4.69, 9.17) is 9.15 Å². The summed E-state index contributed by atoms with van der Waals surface area (Å²) in [5.74, 6) is -0.969. The first kappa shape index (κ1) is 20.4. The highest BCUT2D eigenvalue weighted by Gasteiger charge is 2.19. The average Bonchev–Trinajstić information content (AvgIpc) is 3.42. The number of hydrogen-bond donors (Lipinski definition) is 1. The fourth-order valence-corrected chi connectivity index (χ4v) is 3.38. The molecule has 2 aromatic heterocycles. The zero-order valence-electron chi connectivity index (χ0n) is 16.6. The van der Waals surface area contributed by atoms with Crippen LogP contribution in [0.15, 0.2) is 77.9 Å². The summed E-state index contributed by atoms with van der Waals surface area (Å²) < 4.78 is 39.9. The van der Waals surface area contributed by atoms with Gasteiger partial charge in [-0.2, -0.15) is 0 Å². The van der Waals surface area contributed by atoms with Crippen molar-refractivity contribution >= 4 is 16.8 Å². The number of nitrogens with zero attached hydrogens (tertiary/aromatic N) is 1. The van der Waals surface area contributed by atoms with E-state index in [1.807, 2.05) is 12.1 Å². The highest BCUT2D eigenvalue weighted by atomic mass is 19.2. The Bertz CT molecular complexity index is 1230. The maximum Gasteiger partial charge on any atom is 0.268 e. The number of benzene rings is 2. The topological polar surface area (TPSA) is 56.4 Å². The van der Waals surface area contributed by atoms with E-state index in [2.05, 4.69) is 11.9 Å². The van der Waals surface area contributed by atoms with E-state index < -0.39 is 11.6 Å². The minimum Gasteiger partial charge on any atom is -0.489 e. The van der Waals surface area contributed by atoms with Crippen LogP contribution in [0.4, 0.5) is 8.78 Å². The van der Waals surface area contributed by atoms with Crippen LogP contribution in [0.1, 0.15) is 21.8 Å². The number of amides is 1. The van der Waals surface area contributed by atoms with Crippen LogP contribution in [0.2, 0.25) is 0 Å². The maximum atomic E-state index is 13.8. The number of halogens is 2. The molecule has 4 aromatic rings. The number of rotatable bonds is 8. The van der Waals surface area contributed by atoms with Crippen LogP contribution in [0.5, 0.6) is 5.75 Å². The highest BCUT2D eigenvalue weighted by molar-refractivity contribution is 6.00. The molecule has 0 aliphatic heterocycles. The molecular weight excluding hydrogens is 402 g/mol. The number of carbonyl (C=O) groups is 1. The molecule has 5 nitrogen and oxygen atoms in total. The molecule has 158 valence electrons. The average molecular weight is 422 g/mol. The molecule has 2 aromatic carbocycles. The molecule has 0 radical (unpaired) electrons. The molecule has 4 rings (SSSR count). The molecule has 0 spiro atoms. The molecule has 0 unspecified atom stereocenters. The molecule has 1 N–H and O–H groups in total. The Labute approximate surface area is 177 Å². The Morgan fingerprint density at radius 1 is 1.13 bits per heavy atom. The number of nitrogens with one attached hydrogen (secondary N) is 1. The second-order valence-electron chi connectivity index (χ2n) is 6.91. The SMILES string of the molecule is C=CCOc1cccc2c1cc(C(=O)NCc1ccco1)n2Cc1ccc(F)c(F)c1. The van der Waals surface area contributed by atoms with Gasteiger partial charge in [0.1, 0.15) is 23.8 Å². The van der Waals surface area contributed by atoms with Crippen LogP contribution in [-0.2, 0) is 13.1 Å². The lowest BCUT2D eigenvalue weighted by atomic mass is 10.2. The van der Waals surface area contributed by atoms with E-state index >= 15 is 0 Å². The molecular formula is C24H20F2N2O3. The predicted octanol–water partition coefficient (Wildman–Crippen LogP) is 5.06. The third kappa shape index (κ3) is 4.35. The van der Waals surface area contributed by atoms with E-state index in [1.165, 1.54) is 12.3 Å². The number of hydrogen-bond acceptors (Lipinski definition) is 3. The first-order valence-electron chi connectivity index (χ1n) is 9.67. The smallest absolute Gasteiger partial charge is 0.268 e. The Morgan fingerprint density at radius 3 is 2.74 bits per heavy atom. The lowest BCUT2D eigenvalue weighted by Gasteiger charge is -2.12. The quantitative estimate of drug-likeness (QED) is 0.404. The van der Waals surface area contributed by atoms with Crippen LogP contribution < -0.4 is 10.1 Å². The second-order valence-corrected chi connectivity index (χ2v) is 6.91. The molecule has 31 heavy (non-hydrogen) atoms. The summed E-state index contributed by atoms with van der Waals surface area (Å²) >= 11 is 0. The zero-order chi connectivity index (χ0) is 21.8. The van der Waals surface area contributed by atoms with Gasteiger partial charge in [-0.05, 0) is 48.0 Å². The Balaban J connectivity index is 1.74. The summed E-state index contributed by atoms with van der Waals surface area (Å²) in [6.07, 6.45) is 3.17. The summed E-state index contributed by atoms with van der Waals surface area (Å²) in [5.41, 5.74) is 1.62. The van der Waals surface area contributed by atoms with Crippen molar-refractivity contribution in [3.8, 4) is 5.75 Å². The summed E-state index contributed by atoms with van der Waals surface area (Å²) in [7, 11) is 0. The number of ether oxygens (including phenoxy) is 1. The predicted molar refractivity (Wildman–Crippen MR) is 113 cm³/mol. The second kappa shape index (κ2) is 8.87. The van der Waals surface area contributed by atoms with E-state index in [9.17, 15) is 13.6 Å². The van der Waals surface area contributed by atoms with Gasteiger partial charge in [-0.15, -0.1) is 0 Å². The molecule has 7 heteroatoms. The number of furan rings is 1. The molecule has 0 atom stereocenters. The van der Waals surface area contributed by atoms with Gasteiger partial charge in [-0.1, -0.05) is 24.8 Å². The molecule has 0 aliphatic rings. The minimum atomic E-state index is -0.937. The lowest BCUT2D eigenvalue weighted by Crippen LogP contribution is -2.25. The first-order valence-corrected chi connectivity index (χ1v) is 9.67. The number of aromatic nitrogens is 1. The van der Waals surface area contributed by atoms with Crippen molar-refractivity contribution in [3.63, 3.8) is 0 Å². The van der Waals surface area contributed by atoms with Gasteiger partial charge in [0, 0.05) is 11.9 Å². The molecule has 2 heterocycles. The van der Waals surface area contributed by atoms with Gasteiger partial charge >= 0.3 is 0 Å².